The fraction of sp³-hybridized carbons (Fsp3) is 0.333. The highest BCUT2D eigenvalue weighted by atomic mass is 32.1. The maximum absolute atomic E-state index is 4.31. The first-order valence-electron chi connectivity index (χ1n) is 4.38. The third-order valence-corrected chi connectivity index (χ3v) is 2.92. The lowest BCUT2D eigenvalue weighted by Gasteiger charge is -1.90. The highest BCUT2D eigenvalue weighted by molar-refractivity contribution is 7.15. The molecule has 0 amide bonds. The minimum atomic E-state index is 0.824. The van der Waals surface area contributed by atoms with Gasteiger partial charge in [0.15, 0.2) is 0 Å². The van der Waals surface area contributed by atoms with Crippen molar-refractivity contribution in [3.05, 3.63) is 23.6 Å². The van der Waals surface area contributed by atoms with E-state index < -0.39 is 0 Å². The second kappa shape index (κ2) is 3.89. The summed E-state index contributed by atoms with van der Waals surface area (Å²) in [4.78, 5) is 5.48. The molecule has 0 fully saturated rings. The van der Waals surface area contributed by atoms with Crippen LogP contribution < -0.4 is 5.32 Å². The van der Waals surface area contributed by atoms with Crippen molar-refractivity contribution < 1.29 is 0 Å². The predicted octanol–water partition coefficient (Wildman–Crippen LogP) is 1.26. The fourth-order valence-corrected chi connectivity index (χ4v) is 2.13. The molecule has 0 bridgehead atoms. The average molecular weight is 208 g/mol. The summed E-state index contributed by atoms with van der Waals surface area (Å²) >= 11 is 1.70. The van der Waals surface area contributed by atoms with E-state index in [1.165, 1.54) is 4.88 Å². The Labute approximate surface area is 86.6 Å². The van der Waals surface area contributed by atoms with Gasteiger partial charge in [0.2, 0.25) is 0 Å². The minimum absolute atomic E-state index is 0.824. The van der Waals surface area contributed by atoms with Crippen molar-refractivity contribution in [1.82, 2.24) is 20.1 Å². The zero-order valence-electron chi connectivity index (χ0n) is 8.19. The Balaban J connectivity index is 2.24. The van der Waals surface area contributed by atoms with E-state index >= 15 is 0 Å². The first-order valence-corrected chi connectivity index (χ1v) is 5.19. The molecule has 0 unspecified atom stereocenters. The van der Waals surface area contributed by atoms with Crippen LogP contribution in [-0.4, -0.2) is 21.8 Å². The standard InChI is InChI=1S/C9H12N4S/c1-10-5-9-11-4-8(14-9)7-3-12-13(2)6-7/h3-4,6,10H,5H2,1-2H3. The van der Waals surface area contributed by atoms with Gasteiger partial charge in [0.05, 0.1) is 11.1 Å². The highest BCUT2D eigenvalue weighted by Gasteiger charge is 2.04. The number of aryl methyl sites for hydroxylation is 1. The van der Waals surface area contributed by atoms with Gasteiger partial charge in [-0.25, -0.2) is 4.98 Å². The lowest BCUT2D eigenvalue weighted by molar-refractivity contribution is 0.768. The molecule has 0 atom stereocenters. The molecule has 1 N–H and O–H groups in total. The first kappa shape index (κ1) is 9.36. The van der Waals surface area contributed by atoms with Gasteiger partial charge in [-0.1, -0.05) is 0 Å². The molecule has 0 aliphatic rings. The summed E-state index contributed by atoms with van der Waals surface area (Å²) < 4.78 is 1.80. The normalized spacial score (nSPS) is 10.7. The number of nitrogens with one attached hydrogen (secondary N) is 1. The van der Waals surface area contributed by atoms with Crippen molar-refractivity contribution in [2.45, 2.75) is 6.54 Å². The van der Waals surface area contributed by atoms with Gasteiger partial charge in [-0.3, -0.25) is 4.68 Å². The van der Waals surface area contributed by atoms with Crippen LogP contribution in [0.3, 0.4) is 0 Å². The van der Waals surface area contributed by atoms with Gasteiger partial charge in [-0.2, -0.15) is 5.10 Å². The molecule has 0 saturated carbocycles. The maximum Gasteiger partial charge on any atom is 0.107 e. The Hall–Kier alpha value is -1.20. The highest BCUT2D eigenvalue weighted by Crippen LogP contribution is 2.25. The minimum Gasteiger partial charge on any atom is -0.314 e. The Bertz CT molecular complexity index is 418. The van der Waals surface area contributed by atoms with Crippen LogP contribution in [0.1, 0.15) is 5.01 Å². The van der Waals surface area contributed by atoms with Crippen LogP contribution in [0.15, 0.2) is 18.6 Å². The number of nitrogens with zero attached hydrogens (tertiary/aromatic N) is 3. The molecule has 0 aromatic carbocycles. The number of hydrogen-bond donors (Lipinski definition) is 1. The summed E-state index contributed by atoms with van der Waals surface area (Å²) in [6.07, 6.45) is 5.75. The molecule has 14 heavy (non-hydrogen) atoms. The SMILES string of the molecule is CNCc1ncc(-c2cnn(C)c2)s1. The number of aromatic nitrogens is 3. The number of thiazole rings is 1. The summed E-state index contributed by atoms with van der Waals surface area (Å²) in [6.45, 7) is 0.824. The fourth-order valence-electron chi connectivity index (χ4n) is 1.23. The van der Waals surface area contributed by atoms with Gasteiger partial charge >= 0.3 is 0 Å². The van der Waals surface area contributed by atoms with Crippen LogP contribution in [-0.2, 0) is 13.6 Å². The summed E-state index contributed by atoms with van der Waals surface area (Å²) in [5.74, 6) is 0. The van der Waals surface area contributed by atoms with E-state index in [4.69, 9.17) is 0 Å². The number of rotatable bonds is 3. The maximum atomic E-state index is 4.31. The largest absolute Gasteiger partial charge is 0.314 e. The first-order chi connectivity index (χ1) is 6.79. The molecule has 4 nitrogen and oxygen atoms in total. The van der Waals surface area contributed by atoms with E-state index in [-0.39, 0.29) is 0 Å². The zero-order chi connectivity index (χ0) is 9.97. The Kier molecular flexibility index (Phi) is 2.60. The lowest BCUT2D eigenvalue weighted by atomic mass is 10.3. The van der Waals surface area contributed by atoms with Crippen LogP contribution in [0.2, 0.25) is 0 Å². The van der Waals surface area contributed by atoms with E-state index in [9.17, 15) is 0 Å². The molecule has 0 spiro atoms. The summed E-state index contributed by atoms with van der Waals surface area (Å²) in [5, 5.41) is 8.31. The van der Waals surface area contributed by atoms with Gasteiger partial charge in [0.25, 0.3) is 0 Å². The number of hydrogen-bond acceptors (Lipinski definition) is 4. The van der Waals surface area contributed by atoms with E-state index in [1.807, 2.05) is 32.7 Å². The second-order valence-electron chi connectivity index (χ2n) is 3.05. The molecular weight excluding hydrogens is 196 g/mol. The molecule has 0 aliphatic heterocycles. The van der Waals surface area contributed by atoms with Crippen LogP contribution in [0.4, 0.5) is 0 Å². The quantitative estimate of drug-likeness (QED) is 0.826. The van der Waals surface area contributed by atoms with Crippen molar-refractivity contribution in [3.63, 3.8) is 0 Å². The van der Waals surface area contributed by atoms with Gasteiger partial charge in [0, 0.05) is 31.5 Å². The average Bonchev–Trinajstić information content (AvgIpc) is 2.74. The summed E-state index contributed by atoms with van der Waals surface area (Å²) in [6, 6.07) is 0. The Morgan fingerprint density at radius 1 is 1.50 bits per heavy atom. The van der Waals surface area contributed by atoms with Crippen molar-refractivity contribution in [3.8, 4) is 10.4 Å². The van der Waals surface area contributed by atoms with E-state index in [1.54, 1.807) is 16.0 Å². The van der Waals surface area contributed by atoms with E-state index in [0.717, 1.165) is 17.1 Å². The smallest absolute Gasteiger partial charge is 0.107 e. The van der Waals surface area contributed by atoms with Crippen LogP contribution >= 0.6 is 11.3 Å². The Morgan fingerprint density at radius 3 is 3.00 bits per heavy atom. The summed E-state index contributed by atoms with van der Waals surface area (Å²) in [7, 11) is 3.84. The monoisotopic (exact) mass is 208 g/mol. The van der Waals surface area contributed by atoms with Crippen molar-refractivity contribution in [2.75, 3.05) is 7.05 Å². The predicted molar refractivity (Wildman–Crippen MR) is 57.1 cm³/mol. The summed E-state index contributed by atoms with van der Waals surface area (Å²) in [5.41, 5.74) is 1.13. The topological polar surface area (TPSA) is 42.7 Å². The Morgan fingerprint density at radius 2 is 2.36 bits per heavy atom. The van der Waals surface area contributed by atoms with E-state index in [0.29, 0.717) is 0 Å². The molecule has 2 aromatic heterocycles. The zero-order valence-corrected chi connectivity index (χ0v) is 9.01. The third kappa shape index (κ3) is 1.83. The molecule has 0 aliphatic carbocycles. The second-order valence-corrected chi connectivity index (χ2v) is 4.17. The molecule has 2 aromatic rings. The van der Waals surface area contributed by atoms with Crippen LogP contribution in [0.25, 0.3) is 10.4 Å². The van der Waals surface area contributed by atoms with Gasteiger partial charge < -0.3 is 5.32 Å². The molecule has 2 rings (SSSR count). The van der Waals surface area contributed by atoms with Crippen LogP contribution in [0.5, 0.6) is 0 Å². The van der Waals surface area contributed by atoms with Gasteiger partial charge in [0.1, 0.15) is 5.01 Å². The van der Waals surface area contributed by atoms with Crippen molar-refractivity contribution >= 4 is 11.3 Å². The van der Waals surface area contributed by atoms with Gasteiger partial charge in [-0.05, 0) is 7.05 Å². The molecule has 0 radical (unpaired) electrons. The lowest BCUT2D eigenvalue weighted by Crippen LogP contribution is -2.03. The molecule has 74 valence electrons. The van der Waals surface area contributed by atoms with Gasteiger partial charge in [-0.15, -0.1) is 11.3 Å². The van der Waals surface area contributed by atoms with Crippen LogP contribution in [0, 0.1) is 0 Å². The molecule has 5 heteroatoms. The van der Waals surface area contributed by atoms with E-state index in [2.05, 4.69) is 15.4 Å². The van der Waals surface area contributed by atoms with Crippen molar-refractivity contribution in [1.29, 1.82) is 0 Å². The molecular formula is C9H12N4S. The molecule has 0 saturated heterocycles. The molecule has 2 heterocycles. The third-order valence-electron chi connectivity index (χ3n) is 1.87. The van der Waals surface area contributed by atoms with Crippen molar-refractivity contribution in [2.24, 2.45) is 7.05 Å².